The summed E-state index contributed by atoms with van der Waals surface area (Å²) in [4.78, 5) is 27.4. The standard InChI is InChI=1S/C24H17N2O4P/c27-21-17-10-4-5-11-18(17)22(28)26-24(20-13-7-15-30-20)31(16-8-2-1-3-9-16)23(25(21)26)19-12-6-14-29-19/h1-15,23-24H/t23-,24-/m0/s1. The number of fused-ring (bicyclic) bond motifs is 2. The smallest absolute Gasteiger partial charge is 0.274 e. The van der Waals surface area contributed by atoms with Crippen molar-refractivity contribution in [3.8, 4) is 0 Å². The Labute approximate surface area is 177 Å². The van der Waals surface area contributed by atoms with E-state index in [9.17, 15) is 9.59 Å². The van der Waals surface area contributed by atoms with Crippen LogP contribution in [-0.2, 0) is 0 Å². The van der Waals surface area contributed by atoms with E-state index in [1.54, 1.807) is 46.2 Å². The molecule has 4 heterocycles. The van der Waals surface area contributed by atoms with Crippen molar-refractivity contribution in [1.29, 1.82) is 0 Å². The van der Waals surface area contributed by atoms with E-state index in [4.69, 9.17) is 8.83 Å². The van der Waals surface area contributed by atoms with E-state index in [-0.39, 0.29) is 11.1 Å². The number of hydrogen-bond acceptors (Lipinski definition) is 4. The van der Waals surface area contributed by atoms with Gasteiger partial charge in [-0.2, -0.15) is 0 Å². The van der Waals surface area contributed by atoms with Crippen LogP contribution in [0.1, 0.15) is 23.1 Å². The summed E-state index contributed by atoms with van der Waals surface area (Å²) < 4.78 is 14.8. The zero-order valence-electron chi connectivity index (χ0n) is 16.3. The van der Waals surface area contributed by atoms with Crippen molar-refractivity contribution in [2.24, 2.45) is 0 Å². The van der Waals surface area contributed by atoms with Gasteiger partial charge in [0.25, 0.3) is 11.1 Å². The van der Waals surface area contributed by atoms with Gasteiger partial charge in [0.1, 0.15) is 23.1 Å². The second-order valence-corrected chi connectivity index (χ2v) is 9.68. The molecule has 0 unspecified atom stereocenters. The molecule has 2 aromatic carbocycles. The van der Waals surface area contributed by atoms with Crippen molar-refractivity contribution in [3.63, 3.8) is 0 Å². The minimum absolute atomic E-state index is 0.214. The third kappa shape index (κ3) is 2.62. The molecule has 31 heavy (non-hydrogen) atoms. The van der Waals surface area contributed by atoms with Gasteiger partial charge in [0.2, 0.25) is 0 Å². The lowest BCUT2D eigenvalue weighted by atomic mass is 10.2. The number of benzene rings is 2. The van der Waals surface area contributed by atoms with Gasteiger partial charge in [-0.25, -0.2) is 9.36 Å². The van der Waals surface area contributed by atoms with E-state index in [0.29, 0.717) is 22.3 Å². The van der Waals surface area contributed by atoms with E-state index in [1.165, 1.54) is 0 Å². The normalized spacial score (nSPS) is 18.5. The van der Waals surface area contributed by atoms with Gasteiger partial charge in [0.15, 0.2) is 0 Å². The predicted molar refractivity (Wildman–Crippen MR) is 119 cm³/mol. The van der Waals surface area contributed by atoms with Crippen LogP contribution in [0.3, 0.4) is 0 Å². The van der Waals surface area contributed by atoms with Crippen LogP contribution in [0, 0.1) is 0 Å². The molecule has 1 aliphatic rings. The highest BCUT2D eigenvalue weighted by molar-refractivity contribution is 7.66. The van der Waals surface area contributed by atoms with Crippen LogP contribution in [0.25, 0.3) is 10.8 Å². The number of nitrogens with zero attached hydrogens (tertiary/aromatic N) is 2. The summed E-state index contributed by atoms with van der Waals surface area (Å²) in [5.41, 5.74) is -0.428. The van der Waals surface area contributed by atoms with Crippen LogP contribution in [0.15, 0.2) is 110 Å². The first-order chi connectivity index (χ1) is 15.3. The molecule has 7 heteroatoms. The number of rotatable bonds is 3. The molecule has 0 spiro atoms. The molecule has 3 aromatic heterocycles. The maximum atomic E-state index is 13.7. The van der Waals surface area contributed by atoms with Gasteiger partial charge in [-0.1, -0.05) is 42.5 Å². The van der Waals surface area contributed by atoms with Crippen molar-refractivity contribution in [2.45, 2.75) is 11.6 Å². The minimum atomic E-state index is -1.15. The molecule has 6 rings (SSSR count). The lowest BCUT2D eigenvalue weighted by Crippen LogP contribution is -2.37. The molecule has 0 N–H and O–H groups in total. The Morgan fingerprint density at radius 2 is 1.10 bits per heavy atom. The average molecular weight is 428 g/mol. The van der Waals surface area contributed by atoms with E-state index < -0.39 is 19.5 Å². The molecule has 0 fully saturated rings. The maximum absolute atomic E-state index is 13.7. The molecular formula is C24H17N2O4P. The molecule has 0 radical (unpaired) electrons. The van der Waals surface area contributed by atoms with Gasteiger partial charge in [0, 0.05) is 0 Å². The highest BCUT2D eigenvalue weighted by Crippen LogP contribution is 2.64. The van der Waals surface area contributed by atoms with Crippen molar-refractivity contribution >= 4 is 24.0 Å². The quantitative estimate of drug-likeness (QED) is 0.403. The van der Waals surface area contributed by atoms with Crippen LogP contribution < -0.4 is 16.4 Å². The average Bonchev–Trinajstić information content (AvgIpc) is 3.57. The van der Waals surface area contributed by atoms with Gasteiger partial charge in [-0.15, -0.1) is 0 Å². The first kappa shape index (κ1) is 18.2. The Bertz CT molecular complexity index is 1390. The summed E-state index contributed by atoms with van der Waals surface area (Å²) >= 11 is 0. The highest BCUT2D eigenvalue weighted by atomic mass is 31.1. The van der Waals surface area contributed by atoms with Gasteiger partial charge < -0.3 is 8.83 Å². The first-order valence-corrected chi connectivity index (χ1v) is 11.4. The summed E-state index contributed by atoms with van der Waals surface area (Å²) in [6, 6.07) is 24.3. The Hall–Kier alpha value is -3.63. The molecule has 152 valence electrons. The van der Waals surface area contributed by atoms with Crippen LogP contribution in [0.2, 0.25) is 0 Å². The second-order valence-electron chi connectivity index (χ2n) is 7.37. The van der Waals surface area contributed by atoms with Gasteiger partial charge in [-0.05, 0) is 49.6 Å². The summed E-state index contributed by atoms with van der Waals surface area (Å²) in [5, 5.41) is 1.87. The molecule has 0 bridgehead atoms. The Morgan fingerprint density at radius 3 is 1.55 bits per heavy atom. The van der Waals surface area contributed by atoms with E-state index >= 15 is 0 Å². The second kappa shape index (κ2) is 6.96. The summed E-state index contributed by atoms with van der Waals surface area (Å²) in [6.07, 6.45) is 3.20. The van der Waals surface area contributed by atoms with E-state index in [1.807, 2.05) is 54.6 Å². The maximum Gasteiger partial charge on any atom is 0.274 e. The first-order valence-electron chi connectivity index (χ1n) is 9.92. The number of hydrogen-bond donors (Lipinski definition) is 0. The molecule has 0 saturated heterocycles. The Morgan fingerprint density at radius 1 is 0.613 bits per heavy atom. The predicted octanol–water partition coefficient (Wildman–Crippen LogP) is 4.26. The Kier molecular flexibility index (Phi) is 4.08. The van der Waals surface area contributed by atoms with E-state index in [2.05, 4.69) is 0 Å². The van der Waals surface area contributed by atoms with Gasteiger partial charge >= 0.3 is 0 Å². The van der Waals surface area contributed by atoms with Crippen molar-refractivity contribution in [3.05, 3.63) is 124 Å². The monoisotopic (exact) mass is 428 g/mol. The van der Waals surface area contributed by atoms with Gasteiger partial charge in [-0.3, -0.25) is 9.59 Å². The summed E-state index contributed by atoms with van der Waals surface area (Å²) in [5.74, 6) is 0.420. The van der Waals surface area contributed by atoms with Crippen LogP contribution in [-0.4, -0.2) is 9.36 Å². The van der Waals surface area contributed by atoms with Crippen LogP contribution >= 0.6 is 7.92 Å². The largest absolute Gasteiger partial charge is 0.467 e. The zero-order chi connectivity index (χ0) is 20.9. The Balaban J connectivity index is 1.77. The molecule has 0 aliphatic carbocycles. The molecule has 0 amide bonds. The molecule has 0 saturated carbocycles. The highest BCUT2D eigenvalue weighted by Gasteiger charge is 2.47. The fourth-order valence-electron chi connectivity index (χ4n) is 4.40. The lowest BCUT2D eigenvalue weighted by molar-refractivity contribution is 0.407. The lowest BCUT2D eigenvalue weighted by Gasteiger charge is -2.22. The molecular weight excluding hydrogens is 411 g/mol. The summed E-state index contributed by atoms with van der Waals surface area (Å²) in [7, 11) is -1.15. The molecule has 6 nitrogen and oxygen atoms in total. The van der Waals surface area contributed by atoms with E-state index in [0.717, 1.165) is 5.30 Å². The summed E-state index contributed by atoms with van der Waals surface area (Å²) in [6.45, 7) is 0. The fourth-order valence-corrected chi connectivity index (χ4v) is 7.49. The van der Waals surface area contributed by atoms with Crippen LogP contribution in [0.5, 0.6) is 0 Å². The minimum Gasteiger partial charge on any atom is -0.467 e. The topological polar surface area (TPSA) is 70.3 Å². The van der Waals surface area contributed by atoms with Crippen molar-refractivity contribution < 1.29 is 8.83 Å². The number of furan rings is 2. The van der Waals surface area contributed by atoms with Gasteiger partial charge in [0.05, 0.1) is 23.3 Å². The van der Waals surface area contributed by atoms with Crippen molar-refractivity contribution in [1.82, 2.24) is 9.36 Å². The SMILES string of the molecule is O=c1c2ccccc2c(=O)n2n1[C@H](c1ccco1)P(c1ccccc1)[C@H]2c1ccco1. The third-order valence-electron chi connectivity index (χ3n) is 5.68. The third-order valence-corrected chi connectivity index (χ3v) is 8.57. The molecule has 5 aromatic rings. The number of aromatic nitrogens is 2. The molecule has 1 aliphatic heterocycles. The van der Waals surface area contributed by atoms with Crippen LogP contribution in [0.4, 0.5) is 0 Å². The zero-order valence-corrected chi connectivity index (χ0v) is 17.2. The fraction of sp³-hybridized carbons (Fsp3) is 0.0833. The van der Waals surface area contributed by atoms with Crippen molar-refractivity contribution in [2.75, 3.05) is 0 Å². The molecule has 2 atom stereocenters.